The maximum atomic E-state index is 5.25. The van der Waals surface area contributed by atoms with Crippen LogP contribution in [0.25, 0.3) is 116 Å². The third kappa shape index (κ3) is 4.84. The van der Waals surface area contributed by atoms with Crippen molar-refractivity contribution in [2.24, 2.45) is 0 Å². The Kier molecular flexibility index (Phi) is 6.89. The van der Waals surface area contributed by atoms with Gasteiger partial charge in [0.05, 0.1) is 16.7 Å². The van der Waals surface area contributed by atoms with Gasteiger partial charge in [-0.1, -0.05) is 170 Å². The molecule has 0 unspecified atom stereocenters. The van der Waals surface area contributed by atoms with Crippen LogP contribution in [0, 0.1) is 0 Å². The minimum absolute atomic E-state index is 0.625. The Bertz CT molecular complexity index is 3420. The van der Waals surface area contributed by atoms with E-state index < -0.39 is 0 Å². The Labute approximate surface area is 328 Å². The molecule has 2 aromatic heterocycles. The molecule has 4 heteroatoms. The van der Waals surface area contributed by atoms with Crippen molar-refractivity contribution in [1.82, 2.24) is 19.5 Å². The van der Waals surface area contributed by atoms with Gasteiger partial charge in [0.2, 0.25) is 0 Å². The Morgan fingerprint density at radius 1 is 0.281 bits per heavy atom. The first-order valence-electron chi connectivity index (χ1n) is 19.4. The van der Waals surface area contributed by atoms with Gasteiger partial charge in [-0.15, -0.1) is 0 Å². The summed E-state index contributed by atoms with van der Waals surface area (Å²) in [7, 11) is 0. The number of hydrogen-bond donors (Lipinski definition) is 0. The third-order valence-corrected chi connectivity index (χ3v) is 11.6. The van der Waals surface area contributed by atoms with Gasteiger partial charge in [-0.2, -0.15) is 0 Å². The second-order valence-corrected chi connectivity index (χ2v) is 14.7. The summed E-state index contributed by atoms with van der Waals surface area (Å²) in [6.07, 6.45) is 0. The lowest BCUT2D eigenvalue weighted by Crippen LogP contribution is -2.02. The van der Waals surface area contributed by atoms with Crippen molar-refractivity contribution < 1.29 is 0 Å². The van der Waals surface area contributed by atoms with Gasteiger partial charge in [-0.3, -0.25) is 0 Å². The average Bonchev–Trinajstić information content (AvgIpc) is 3.64. The molecule has 0 amide bonds. The van der Waals surface area contributed by atoms with Crippen LogP contribution in [0.2, 0.25) is 0 Å². The highest BCUT2D eigenvalue weighted by atomic mass is 15.0. The maximum absolute atomic E-state index is 5.25. The first kappa shape index (κ1) is 31.6. The summed E-state index contributed by atoms with van der Waals surface area (Å²) in [5.41, 5.74) is 6.20. The minimum atomic E-state index is 0.625. The predicted octanol–water partition coefficient (Wildman–Crippen LogP) is 13.7. The van der Waals surface area contributed by atoms with Crippen LogP contribution >= 0.6 is 0 Å². The molecule has 10 aromatic carbocycles. The quantitative estimate of drug-likeness (QED) is 0.170. The highest BCUT2D eigenvalue weighted by Gasteiger charge is 2.23. The number of fused-ring (bicyclic) bond motifs is 13. The van der Waals surface area contributed by atoms with E-state index in [0.717, 1.165) is 38.8 Å². The van der Waals surface area contributed by atoms with Crippen LogP contribution in [0.5, 0.6) is 0 Å². The lowest BCUT2D eigenvalue weighted by atomic mass is 9.91. The fraction of sp³-hybridized carbons (Fsp3) is 0. The van der Waals surface area contributed by atoms with Crippen molar-refractivity contribution >= 4 is 75.7 Å². The Hall–Kier alpha value is -7.69. The van der Waals surface area contributed by atoms with Crippen molar-refractivity contribution in [1.29, 1.82) is 0 Å². The van der Waals surface area contributed by atoms with E-state index in [1.165, 1.54) is 59.2 Å². The molecule has 0 aliphatic rings. The first-order valence-corrected chi connectivity index (χ1v) is 19.4. The Morgan fingerprint density at radius 2 is 0.684 bits per heavy atom. The molecule has 4 nitrogen and oxygen atoms in total. The van der Waals surface area contributed by atoms with Gasteiger partial charge in [0.1, 0.15) is 0 Å². The van der Waals surface area contributed by atoms with Gasteiger partial charge < -0.3 is 4.57 Å². The summed E-state index contributed by atoms with van der Waals surface area (Å²) in [5.74, 6) is 1.90. The maximum Gasteiger partial charge on any atom is 0.164 e. The van der Waals surface area contributed by atoms with E-state index >= 15 is 0 Å². The lowest BCUT2D eigenvalue weighted by molar-refractivity contribution is 1.07. The number of nitrogens with zero attached hydrogens (tertiary/aromatic N) is 4. The molecule has 57 heavy (non-hydrogen) atoms. The molecular weight excluding hydrogens is 693 g/mol. The molecule has 0 N–H and O–H groups in total. The van der Waals surface area contributed by atoms with Gasteiger partial charge >= 0.3 is 0 Å². The van der Waals surface area contributed by atoms with E-state index in [4.69, 9.17) is 15.0 Å². The predicted molar refractivity (Wildman–Crippen MR) is 238 cm³/mol. The Balaban J connectivity index is 1.28. The molecule has 0 aliphatic heterocycles. The van der Waals surface area contributed by atoms with E-state index in [1.54, 1.807) is 0 Å². The van der Waals surface area contributed by atoms with Crippen molar-refractivity contribution in [3.63, 3.8) is 0 Å². The fourth-order valence-corrected chi connectivity index (χ4v) is 9.06. The summed E-state index contributed by atoms with van der Waals surface area (Å²) < 4.78 is 2.49. The SMILES string of the molecule is c1ccc(-c2nc(-c3ccccc3)nc(-c3cc(-n4c5ccc6ccccc6c5c5c6ccccc6ccc54)c4c5ccccc5c5ccccc5c4c3)n2)cc1. The van der Waals surface area contributed by atoms with Crippen LogP contribution in [-0.4, -0.2) is 19.5 Å². The molecule has 0 bridgehead atoms. The van der Waals surface area contributed by atoms with Crippen molar-refractivity contribution in [3.05, 3.63) is 194 Å². The molecule has 0 atom stereocenters. The van der Waals surface area contributed by atoms with E-state index in [9.17, 15) is 0 Å². The fourth-order valence-electron chi connectivity index (χ4n) is 9.06. The molecule has 2 heterocycles. The first-order chi connectivity index (χ1) is 28.3. The summed E-state index contributed by atoms with van der Waals surface area (Å²) in [6.45, 7) is 0. The van der Waals surface area contributed by atoms with E-state index in [-0.39, 0.29) is 0 Å². The second-order valence-electron chi connectivity index (χ2n) is 14.7. The monoisotopic (exact) mass is 724 g/mol. The van der Waals surface area contributed by atoms with Crippen LogP contribution < -0.4 is 0 Å². The van der Waals surface area contributed by atoms with Crippen molar-refractivity contribution in [3.8, 4) is 39.9 Å². The number of rotatable bonds is 4. The van der Waals surface area contributed by atoms with Gasteiger partial charge in [0.15, 0.2) is 17.5 Å². The summed E-state index contributed by atoms with van der Waals surface area (Å²) >= 11 is 0. The molecule has 264 valence electrons. The molecule has 12 rings (SSSR count). The highest BCUT2D eigenvalue weighted by Crippen LogP contribution is 2.45. The standard InChI is InChI=1S/C53H32N4/c1-3-17-35(18-4-1)51-54-52(36-19-5-2-6-20-36)56-53(55-51)37-31-44-42-25-12-11-23-40(42)41-24-13-14-26-43(41)48(44)47(32-37)57-45-29-27-33-15-7-9-21-38(33)49(45)50-39-22-10-8-16-34(39)28-30-46(50)57/h1-32H. The molecule has 0 radical (unpaired) electrons. The van der Waals surface area contributed by atoms with Crippen molar-refractivity contribution in [2.45, 2.75) is 0 Å². The van der Waals surface area contributed by atoms with Gasteiger partial charge in [0, 0.05) is 32.8 Å². The van der Waals surface area contributed by atoms with Gasteiger partial charge in [0.25, 0.3) is 0 Å². The van der Waals surface area contributed by atoms with Crippen LogP contribution in [-0.2, 0) is 0 Å². The molecule has 0 saturated heterocycles. The zero-order chi connectivity index (χ0) is 37.5. The molecule has 0 aliphatic carbocycles. The van der Waals surface area contributed by atoms with Crippen LogP contribution in [0.3, 0.4) is 0 Å². The molecule has 12 aromatic rings. The van der Waals surface area contributed by atoms with Gasteiger partial charge in [-0.05, 0) is 72.7 Å². The van der Waals surface area contributed by atoms with E-state index in [0.29, 0.717) is 17.5 Å². The smallest absolute Gasteiger partial charge is 0.164 e. The van der Waals surface area contributed by atoms with Crippen molar-refractivity contribution in [2.75, 3.05) is 0 Å². The molecule has 0 saturated carbocycles. The van der Waals surface area contributed by atoms with Crippen LogP contribution in [0.15, 0.2) is 194 Å². The highest BCUT2D eigenvalue weighted by molar-refractivity contribution is 6.31. The minimum Gasteiger partial charge on any atom is -0.309 e. The third-order valence-electron chi connectivity index (χ3n) is 11.6. The number of hydrogen-bond acceptors (Lipinski definition) is 3. The molecule has 0 spiro atoms. The normalized spacial score (nSPS) is 11.9. The summed E-state index contributed by atoms with van der Waals surface area (Å²) in [6, 6.07) is 69.3. The lowest BCUT2D eigenvalue weighted by Gasteiger charge is -2.18. The van der Waals surface area contributed by atoms with Crippen LogP contribution in [0.4, 0.5) is 0 Å². The summed E-state index contributed by atoms with van der Waals surface area (Å²) in [5, 5.41) is 14.6. The zero-order valence-corrected chi connectivity index (χ0v) is 30.8. The van der Waals surface area contributed by atoms with E-state index in [2.05, 4.69) is 162 Å². The summed E-state index contributed by atoms with van der Waals surface area (Å²) in [4.78, 5) is 15.5. The molecular formula is C53H32N4. The largest absolute Gasteiger partial charge is 0.309 e. The number of benzene rings is 10. The van der Waals surface area contributed by atoms with Gasteiger partial charge in [-0.25, -0.2) is 15.0 Å². The topological polar surface area (TPSA) is 43.6 Å². The second kappa shape index (κ2) is 12.4. The zero-order valence-electron chi connectivity index (χ0n) is 30.8. The average molecular weight is 725 g/mol. The van der Waals surface area contributed by atoms with Crippen LogP contribution in [0.1, 0.15) is 0 Å². The number of aromatic nitrogens is 4. The Morgan fingerprint density at radius 3 is 1.21 bits per heavy atom. The van der Waals surface area contributed by atoms with E-state index in [1.807, 2.05) is 36.4 Å². The molecule has 0 fully saturated rings.